The molecule has 0 unspecified atom stereocenters. The average Bonchev–Trinajstić information content (AvgIpc) is 2.16. The molecule has 1 rings (SSSR count). The number of benzene rings is 1. The summed E-state index contributed by atoms with van der Waals surface area (Å²) in [6.45, 7) is 3.68. The zero-order chi connectivity index (χ0) is 9.68. The smallest absolute Gasteiger partial charge is 0.0219 e. The maximum absolute atomic E-state index is 5.51. The Morgan fingerprint density at radius 3 is 2.77 bits per heavy atom. The molecule has 0 heterocycles. The lowest BCUT2D eigenvalue weighted by Crippen LogP contribution is -2.32. The van der Waals surface area contributed by atoms with Gasteiger partial charge in [0.05, 0.1) is 0 Å². The Labute approximate surface area is 93.0 Å². The van der Waals surface area contributed by atoms with Crippen molar-refractivity contribution in [1.82, 2.24) is 5.32 Å². The Bertz CT molecular complexity index is 263. The lowest BCUT2D eigenvalue weighted by atomic mass is 10.2. The number of nitrogens with two attached hydrogens (primary N) is 1. The van der Waals surface area contributed by atoms with Crippen molar-refractivity contribution in [2.24, 2.45) is 5.73 Å². The van der Waals surface area contributed by atoms with E-state index in [1.165, 1.54) is 9.13 Å². The second kappa shape index (κ2) is 5.57. The SMILES string of the molecule is C[C@@H](CN)NCc1ccccc1I. The number of nitrogens with one attached hydrogen (secondary N) is 1. The predicted molar refractivity (Wildman–Crippen MR) is 64.5 cm³/mol. The molecule has 0 saturated heterocycles. The first kappa shape index (κ1) is 10.9. The topological polar surface area (TPSA) is 38.0 Å². The van der Waals surface area contributed by atoms with Crippen LogP contribution in [0.15, 0.2) is 24.3 Å². The second-order valence-corrected chi connectivity index (χ2v) is 4.27. The van der Waals surface area contributed by atoms with Crippen LogP contribution in [0, 0.1) is 3.57 Å². The summed E-state index contributed by atoms with van der Waals surface area (Å²) in [7, 11) is 0. The van der Waals surface area contributed by atoms with E-state index in [1.807, 2.05) is 0 Å². The van der Waals surface area contributed by atoms with E-state index in [4.69, 9.17) is 5.73 Å². The minimum Gasteiger partial charge on any atom is -0.329 e. The molecule has 0 aromatic heterocycles. The van der Waals surface area contributed by atoms with Crippen LogP contribution < -0.4 is 11.1 Å². The Morgan fingerprint density at radius 2 is 2.15 bits per heavy atom. The molecule has 13 heavy (non-hydrogen) atoms. The van der Waals surface area contributed by atoms with Gasteiger partial charge in [-0.25, -0.2) is 0 Å². The van der Waals surface area contributed by atoms with E-state index in [-0.39, 0.29) is 0 Å². The molecule has 1 aromatic carbocycles. The summed E-state index contributed by atoms with van der Waals surface area (Å²) in [5.74, 6) is 0. The van der Waals surface area contributed by atoms with Crippen molar-refractivity contribution >= 4 is 22.6 Å². The van der Waals surface area contributed by atoms with E-state index < -0.39 is 0 Å². The first-order valence-electron chi connectivity index (χ1n) is 4.41. The van der Waals surface area contributed by atoms with Crippen molar-refractivity contribution in [3.05, 3.63) is 33.4 Å². The maximum Gasteiger partial charge on any atom is 0.0219 e. The zero-order valence-electron chi connectivity index (χ0n) is 7.76. The predicted octanol–water partition coefficient (Wildman–Crippen LogP) is 1.73. The Morgan fingerprint density at radius 1 is 1.46 bits per heavy atom. The standard InChI is InChI=1S/C10H15IN2/c1-8(6-12)13-7-9-4-2-3-5-10(9)11/h2-5,8,13H,6-7,12H2,1H3/t8-/m0/s1. The van der Waals surface area contributed by atoms with Gasteiger partial charge in [0.2, 0.25) is 0 Å². The fourth-order valence-corrected chi connectivity index (χ4v) is 1.59. The molecule has 0 aliphatic rings. The van der Waals surface area contributed by atoms with E-state index in [2.05, 4.69) is 59.1 Å². The molecule has 2 nitrogen and oxygen atoms in total. The van der Waals surface area contributed by atoms with Crippen molar-refractivity contribution in [2.75, 3.05) is 6.54 Å². The van der Waals surface area contributed by atoms with Gasteiger partial charge < -0.3 is 11.1 Å². The third-order valence-electron chi connectivity index (χ3n) is 1.95. The molecule has 3 N–H and O–H groups in total. The maximum atomic E-state index is 5.51. The molecular weight excluding hydrogens is 275 g/mol. The van der Waals surface area contributed by atoms with Crippen molar-refractivity contribution in [1.29, 1.82) is 0 Å². The van der Waals surface area contributed by atoms with Crippen LogP contribution in [0.3, 0.4) is 0 Å². The number of hydrogen-bond acceptors (Lipinski definition) is 2. The average molecular weight is 290 g/mol. The molecule has 0 radical (unpaired) electrons. The molecule has 0 bridgehead atoms. The van der Waals surface area contributed by atoms with Crippen LogP contribution in [-0.4, -0.2) is 12.6 Å². The fraction of sp³-hybridized carbons (Fsp3) is 0.400. The molecule has 0 amide bonds. The minimum absolute atomic E-state index is 0.385. The molecule has 0 aliphatic heterocycles. The van der Waals surface area contributed by atoms with Crippen LogP contribution in [0.4, 0.5) is 0 Å². The highest BCUT2D eigenvalue weighted by Gasteiger charge is 2.00. The highest BCUT2D eigenvalue weighted by molar-refractivity contribution is 14.1. The molecule has 0 saturated carbocycles. The summed E-state index contributed by atoms with van der Waals surface area (Å²) in [6.07, 6.45) is 0. The van der Waals surface area contributed by atoms with Gasteiger partial charge in [0.15, 0.2) is 0 Å². The van der Waals surface area contributed by atoms with Gasteiger partial charge >= 0.3 is 0 Å². The van der Waals surface area contributed by atoms with Gasteiger partial charge in [0, 0.05) is 22.7 Å². The summed E-state index contributed by atoms with van der Waals surface area (Å²) in [4.78, 5) is 0. The van der Waals surface area contributed by atoms with Crippen LogP contribution in [0.2, 0.25) is 0 Å². The Hall–Kier alpha value is -0.130. The van der Waals surface area contributed by atoms with Gasteiger partial charge in [-0.15, -0.1) is 0 Å². The van der Waals surface area contributed by atoms with Crippen LogP contribution in [-0.2, 0) is 6.54 Å². The number of rotatable bonds is 4. The summed E-state index contributed by atoms with van der Waals surface area (Å²) in [5.41, 5.74) is 6.85. The molecule has 0 spiro atoms. The van der Waals surface area contributed by atoms with E-state index in [9.17, 15) is 0 Å². The van der Waals surface area contributed by atoms with E-state index in [1.54, 1.807) is 0 Å². The van der Waals surface area contributed by atoms with Gasteiger partial charge in [-0.2, -0.15) is 0 Å². The number of halogens is 1. The molecule has 1 atom stereocenters. The van der Waals surface area contributed by atoms with Gasteiger partial charge in [0.1, 0.15) is 0 Å². The highest BCUT2D eigenvalue weighted by Crippen LogP contribution is 2.10. The first-order chi connectivity index (χ1) is 6.24. The normalized spacial score (nSPS) is 12.8. The second-order valence-electron chi connectivity index (χ2n) is 3.11. The lowest BCUT2D eigenvalue weighted by Gasteiger charge is -2.11. The van der Waals surface area contributed by atoms with Crippen LogP contribution in [0.1, 0.15) is 12.5 Å². The Balaban J connectivity index is 2.50. The molecule has 0 aliphatic carbocycles. The monoisotopic (exact) mass is 290 g/mol. The lowest BCUT2D eigenvalue weighted by molar-refractivity contribution is 0.555. The quantitative estimate of drug-likeness (QED) is 0.829. The summed E-state index contributed by atoms with van der Waals surface area (Å²) in [5, 5.41) is 3.36. The molecule has 72 valence electrons. The largest absolute Gasteiger partial charge is 0.329 e. The molecular formula is C10H15IN2. The van der Waals surface area contributed by atoms with E-state index in [0.29, 0.717) is 12.6 Å². The van der Waals surface area contributed by atoms with Crippen LogP contribution >= 0.6 is 22.6 Å². The summed E-state index contributed by atoms with van der Waals surface area (Å²) >= 11 is 2.35. The molecule has 0 fully saturated rings. The third kappa shape index (κ3) is 3.62. The van der Waals surface area contributed by atoms with Gasteiger partial charge in [0.25, 0.3) is 0 Å². The molecule has 3 heteroatoms. The van der Waals surface area contributed by atoms with Gasteiger partial charge in [-0.3, -0.25) is 0 Å². The van der Waals surface area contributed by atoms with Crippen LogP contribution in [0.5, 0.6) is 0 Å². The fourth-order valence-electron chi connectivity index (χ4n) is 1.01. The van der Waals surface area contributed by atoms with Crippen molar-refractivity contribution in [2.45, 2.75) is 19.5 Å². The van der Waals surface area contributed by atoms with Crippen molar-refractivity contribution < 1.29 is 0 Å². The Kier molecular flexibility index (Phi) is 4.69. The van der Waals surface area contributed by atoms with Crippen molar-refractivity contribution in [3.8, 4) is 0 Å². The third-order valence-corrected chi connectivity index (χ3v) is 3.00. The van der Waals surface area contributed by atoms with Gasteiger partial charge in [-0.1, -0.05) is 18.2 Å². The van der Waals surface area contributed by atoms with E-state index in [0.717, 1.165) is 6.54 Å². The molecule has 1 aromatic rings. The van der Waals surface area contributed by atoms with E-state index >= 15 is 0 Å². The number of hydrogen-bond donors (Lipinski definition) is 2. The van der Waals surface area contributed by atoms with Crippen LogP contribution in [0.25, 0.3) is 0 Å². The zero-order valence-corrected chi connectivity index (χ0v) is 9.91. The summed E-state index contributed by atoms with van der Waals surface area (Å²) in [6, 6.07) is 8.75. The van der Waals surface area contributed by atoms with Crippen molar-refractivity contribution in [3.63, 3.8) is 0 Å². The summed E-state index contributed by atoms with van der Waals surface area (Å²) < 4.78 is 1.30. The first-order valence-corrected chi connectivity index (χ1v) is 5.48. The van der Waals surface area contributed by atoms with Gasteiger partial charge in [-0.05, 0) is 41.1 Å². The minimum atomic E-state index is 0.385. The highest BCUT2D eigenvalue weighted by atomic mass is 127.